The molecule has 7 rings (SSSR count). The van der Waals surface area contributed by atoms with Crippen molar-refractivity contribution < 1.29 is 0 Å². The fraction of sp³-hybridized carbons (Fsp3) is 0. The molecule has 0 saturated carbocycles. The number of hydrogen-bond donors (Lipinski definition) is 0. The summed E-state index contributed by atoms with van der Waals surface area (Å²) in [4.78, 5) is 2.78. The van der Waals surface area contributed by atoms with Gasteiger partial charge in [-0.15, -0.1) is 0 Å². The van der Waals surface area contributed by atoms with Gasteiger partial charge >= 0.3 is 0 Å². The maximum absolute atomic E-state index is 2.30. The van der Waals surface area contributed by atoms with Crippen molar-refractivity contribution in [3.63, 3.8) is 0 Å². The molecule has 6 aromatic carbocycles. The van der Waals surface area contributed by atoms with Gasteiger partial charge in [-0.2, -0.15) is 0 Å². The first-order chi connectivity index (χ1) is 16.4. The van der Waals surface area contributed by atoms with E-state index in [1.54, 1.807) is 0 Å². The van der Waals surface area contributed by atoms with Crippen molar-refractivity contribution in [3.05, 3.63) is 109 Å². The third kappa shape index (κ3) is 2.96. The smallest absolute Gasteiger partial charge is 0.0427 e. The SMILES string of the molecule is c1ccc(-c2c3c(c(-c4ccccc4)c4c5ccccc5c5ccccc5c24)SSS3)cc1. The Hall–Kier alpha value is -2.85. The molecule has 1 aliphatic heterocycles. The molecule has 0 aliphatic carbocycles. The molecule has 6 aromatic rings. The van der Waals surface area contributed by atoms with Crippen LogP contribution in [0.3, 0.4) is 0 Å². The van der Waals surface area contributed by atoms with E-state index in [2.05, 4.69) is 109 Å². The van der Waals surface area contributed by atoms with Crippen LogP contribution < -0.4 is 0 Å². The van der Waals surface area contributed by atoms with E-state index in [1.165, 1.54) is 64.4 Å². The number of fused-ring (bicyclic) bond motifs is 7. The van der Waals surface area contributed by atoms with Crippen molar-refractivity contribution in [1.29, 1.82) is 0 Å². The average Bonchev–Trinajstić information content (AvgIpc) is 3.38. The van der Waals surface area contributed by atoms with Gasteiger partial charge in [-0.25, -0.2) is 0 Å². The summed E-state index contributed by atoms with van der Waals surface area (Å²) in [5, 5.41) is 8.02. The highest BCUT2D eigenvalue weighted by Crippen LogP contribution is 2.64. The minimum absolute atomic E-state index is 1.29. The Bertz CT molecular complexity index is 1550. The predicted octanol–water partition coefficient (Wildman–Crippen LogP) is 10.2. The van der Waals surface area contributed by atoms with E-state index >= 15 is 0 Å². The van der Waals surface area contributed by atoms with Gasteiger partial charge < -0.3 is 0 Å². The molecule has 0 atom stereocenters. The molecule has 33 heavy (non-hydrogen) atoms. The molecule has 156 valence electrons. The van der Waals surface area contributed by atoms with Crippen LogP contribution in [-0.4, -0.2) is 0 Å². The quantitative estimate of drug-likeness (QED) is 0.181. The summed E-state index contributed by atoms with van der Waals surface area (Å²) < 4.78 is 0. The van der Waals surface area contributed by atoms with Gasteiger partial charge in [0.15, 0.2) is 0 Å². The maximum Gasteiger partial charge on any atom is 0.0427 e. The van der Waals surface area contributed by atoms with Crippen LogP contribution in [0.2, 0.25) is 0 Å². The minimum atomic E-state index is 1.29. The van der Waals surface area contributed by atoms with E-state index in [0.717, 1.165) is 0 Å². The molecule has 0 amide bonds. The highest BCUT2D eigenvalue weighted by Gasteiger charge is 2.29. The lowest BCUT2D eigenvalue weighted by molar-refractivity contribution is 1.30. The number of hydrogen-bond acceptors (Lipinski definition) is 3. The van der Waals surface area contributed by atoms with E-state index in [0.29, 0.717) is 0 Å². The molecule has 0 nitrogen and oxygen atoms in total. The number of rotatable bonds is 2. The minimum Gasteiger partial charge on any atom is -0.0622 e. The molecular formula is C30H18S3. The van der Waals surface area contributed by atoms with Gasteiger partial charge in [0.05, 0.1) is 0 Å². The molecule has 0 N–H and O–H groups in total. The molecule has 0 bridgehead atoms. The molecular weight excluding hydrogens is 457 g/mol. The zero-order valence-corrected chi connectivity index (χ0v) is 20.1. The lowest BCUT2D eigenvalue weighted by atomic mass is 9.85. The Morgan fingerprint density at radius 2 is 0.727 bits per heavy atom. The van der Waals surface area contributed by atoms with Crippen LogP contribution in [0.1, 0.15) is 0 Å². The van der Waals surface area contributed by atoms with E-state index in [1.807, 2.05) is 31.4 Å². The molecule has 1 aliphatic rings. The monoisotopic (exact) mass is 474 g/mol. The maximum atomic E-state index is 2.30. The van der Waals surface area contributed by atoms with Gasteiger partial charge in [0.2, 0.25) is 0 Å². The highest BCUT2D eigenvalue weighted by molar-refractivity contribution is 9.10. The van der Waals surface area contributed by atoms with Crippen LogP contribution in [-0.2, 0) is 0 Å². The Kier molecular flexibility index (Phi) is 4.68. The van der Waals surface area contributed by atoms with Crippen molar-refractivity contribution in [1.82, 2.24) is 0 Å². The van der Waals surface area contributed by atoms with Crippen LogP contribution in [0.5, 0.6) is 0 Å². The van der Waals surface area contributed by atoms with Crippen LogP contribution in [0.25, 0.3) is 54.6 Å². The normalized spacial score (nSPS) is 13.1. The van der Waals surface area contributed by atoms with E-state index in [-0.39, 0.29) is 0 Å². The molecule has 1 heterocycles. The Morgan fingerprint density at radius 3 is 1.15 bits per heavy atom. The summed E-state index contributed by atoms with van der Waals surface area (Å²) in [6.07, 6.45) is 0. The summed E-state index contributed by atoms with van der Waals surface area (Å²) >= 11 is 0. The summed E-state index contributed by atoms with van der Waals surface area (Å²) in [6, 6.07) is 39.7. The van der Waals surface area contributed by atoms with Gasteiger partial charge in [-0.1, -0.05) is 109 Å². The van der Waals surface area contributed by atoms with Gasteiger partial charge in [0, 0.05) is 20.9 Å². The first kappa shape index (κ1) is 19.6. The van der Waals surface area contributed by atoms with E-state index in [4.69, 9.17) is 0 Å². The van der Waals surface area contributed by atoms with Crippen LogP contribution in [0.4, 0.5) is 0 Å². The van der Waals surface area contributed by atoms with Crippen molar-refractivity contribution >= 4 is 63.7 Å². The Balaban J connectivity index is 1.84. The Morgan fingerprint density at radius 1 is 0.364 bits per heavy atom. The average molecular weight is 475 g/mol. The van der Waals surface area contributed by atoms with Gasteiger partial charge in [-0.3, -0.25) is 0 Å². The standard InChI is InChI=1S/C30H18S3/c1-3-11-19(12-4-1)25-27-23-17-9-7-15-21(23)22-16-8-10-18-24(22)28(27)26(20-13-5-2-6-14-20)30-29(25)31-33-32-30/h1-18H. The topological polar surface area (TPSA) is 0 Å². The lowest BCUT2D eigenvalue weighted by Gasteiger charge is -2.21. The van der Waals surface area contributed by atoms with E-state index < -0.39 is 0 Å². The summed E-state index contributed by atoms with van der Waals surface area (Å²) in [5.74, 6) is 0. The third-order valence-electron chi connectivity index (χ3n) is 6.45. The van der Waals surface area contributed by atoms with Crippen molar-refractivity contribution in [2.45, 2.75) is 9.79 Å². The van der Waals surface area contributed by atoms with Crippen molar-refractivity contribution in [3.8, 4) is 22.3 Å². The van der Waals surface area contributed by atoms with Crippen LogP contribution in [0.15, 0.2) is 119 Å². The second-order valence-electron chi connectivity index (χ2n) is 8.22. The molecule has 0 aromatic heterocycles. The highest BCUT2D eigenvalue weighted by atomic mass is 33.5. The predicted molar refractivity (Wildman–Crippen MR) is 149 cm³/mol. The second-order valence-corrected chi connectivity index (χ2v) is 12.1. The summed E-state index contributed by atoms with van der Waals surface area (Å²) in [6.45, 7) is 0. The Labute approximate surface area is 204 Å². The van der Waals surface area contributed by atoms with Gasteiger partial charge in [-0.05, 0) is 74.9 Å². The van der Waals surface area contributed by atoms with Gasteiger partial charge in [0.25, 0.3) is 0 Å². The zero-order valence-electron chi connectivity index (χ0n) is 17.6. The van der Waals surface area contributed by atoms with E-state index in [9.17, 15) is 0 Å². The summed E-state index contributed by atoms with van der Waals surface area (Å²) in [7, 11) is 5.69. The summed E-state index contributed by atoms with van der Waals surface area (Å²) in [5.41, 5.74) is 5.30. The molecule has 0 spiro atoms. The molecule has 0 fully saturated rings. The van der Waals surface area contributed by atoms with Crippen LogP contribution >= 0.6 is 31.4 Å². The largest absolute Gasteiger partial charge is 0.0622 e. The molecule has 0 saturated heterocycles. The number of benzene rings is 6. The molecule has 0 radical (unpaired) electrons. The first-order valence-corrected chi connectivity index (χ1v) is 14.5. The van der Waals surface area contributed by atoms with Gasteiger partial charge in [0.1, 0.15) is 0 Å². The van der Waals surface area contributed by atoms with Crippen molar-refractivity contribution in [2.75, 3.05) is 0 Å². The fourth-order valence-corrected chi connectivity index (χ4v) is 9.86. The van der Waals surface area contributed by atoms with Crippen molar-refractivity contribution in [2.24, 2.45) is 0 Å². The fourth-order valence-electron chi connectivity index (χ4n) is 5.12. The third-order valence-corrected chi connectivity index (χ3v) is 10.5. The molecule has 0 unspecified atom stereocenters. The first-order valence-electron chi connectivity index (χ1n) is 11.0. The van der Waals surface area contributed by atoms with Crippen LogP contribution in [0, 0.1) is 0 Å². The lowest BCUT2D eigenvalue weighted by Crippen LogP contribution is -1.94. The zero-order chi connectivity index (χ0) is 21.8. The molecule has 3 heteroatoms. The second kappa shape index (κ2) is 7.88.